The highest BCUT2D eigenvalue weighted by Crippen LogP contribution is 2.49. The molecule has 0 saturated heterocycles. The van der Waals surface area contributed by atoms with Crippen molar-refractivity contribution in [2.75, 3.05) is 4.90 Å². The van der Waals surface area contributed by atoms with Gasteiger partial charge in [0, 0.05) is 33.3 Å². The van der Waals surface area contributed by atoms with Gasteiger partial charge in [-0.1, -0.05) is 195 Å². The number of hydrogen-bond acceptors (Lipinski definition) is 1. The van der Waals surface area contributed by atoms with Crippen molar-refractivity contribution in [3.63, 3.8) is 0 Å². The van der Waals surface area contributed by atoms with Gasteiger partial charge in [-0.3, -0.25) is 0 Å². The Labute approximate surface area is 375 Å². The fourth-order valence-corrected chi connectivity index (χ4v) is 10.9. The molecule has 1 fully saturated rings. The molecule has 306 valence electrons. The third-order valence-electron chi connectivity index (χ3n) is 13.8. The van der Waals surface area contributed by atoms with E-state index >= 15 is 0 Å². The molecule has 0 amide bonds. The van der Waals surface area contributed by atoms with E-state index in [1.165, 1.54) is 114 Å². The second kappa shape index (κ2) is 16.2. The number of fused-ring (bicyclic) bond motifs is 5. The predicted octanol–water partition coefficient (Wildman–Crippen LogP) is 17.6. The molecule has 2 heteroatoms. The van der Waals surface area contributed by atoms with Crippen LogP contribution in [0, 0.1) is 0 Å². The van der Waals surface area contributed by atoms with E-state index in [2.05, 4.69) is 234 Å². The summed E-state index contributed by atoms with van der Waals surface area (Å²) < 4.78 is 2.40. The average molecular weight is 821 g/mol. The van der Waals surface area contributed by atoms with Crippen LogP contribution >= 0.6 is 0 Å². The number of para-hydroxylation sites is 4. The molecular formula is C62H48N2. The molecule has 1 heterocycles. The van der Waals surface area contributed by atoms with Crippen LogP contribution in [0.15, 0.2) is 224 Å². The van der Waals surface area contributed by atoms with E-state index in [1.54, 1.807) is 0 Å². The zero-order valence-electron chi connectivity index (χ0n) is 35.9. The Morgan fingerprint density at radius 3 is 1.69 bits per heavy atom. The zero-order chi connectivity index (χ0) is 42.4. The van der Waals surface area contributed by atoms with Crippen molar-refractivity contribution in [2.24, 2.45) is 0 Å². The number of anilines is 3. The van der Waals surface area contributed by atoms with Gasteiger partial charge in [0.25, 0.3) is 0 Å². The van der Waals surface area contributed by atoms with Crippen LogP contribution in [-0.4, -0.2) is 4.57 Å². The molecule has 0 unspecified atom stereocenters. The Morgan fingerprint density at radius 2 is 0.906 bits per heavy atom. The normalized spacial score (nSPS) is 13.2. The highest BCUT2D eigenvalue weighted by atomic mass is 15.1. The summed E-state index contributed by atoms with van der Waals surface area (Å²) in [5.74, 6) is 0.577. The maximum absolute atomic E-state index is 2.51. The smallest absolute Gasteiger partial charge is 0.0547 e. The van der Waals surface area contributed by atoms with Crippen LogP contribution in [0.1, 0.15) is 43.6 Å². The van der Waals surface area contributed by atoms with Crippen molar-refractivity contribution >= 4 is 60.4 Å². The minimum atomic E-state index is 0.577. The molecule has 1 aliphatic rings. The van der Waals surface area contributed by atoms with Gasteiger partial charge in [0.05, 0.1) is 22.4 Å². The first-order chi connectivity index (χ1) is 31.8. The van der Waals surface area contributed by atoms with Crippen LogP contribution in [0.25, 0.3) is 82.4 Å². The summed E-state index contributed by atoms with van der Waals surface area (Å²) in [6, 6.07) is 83.0. The number of benzene rings is 10. The molecule has 0 aliphatic heterocycles. The third-order valence-corrected chi connectivity index (χ3v) is 13.8. The summed E-state index contributed by atoms with van der Waals surface area (Å²) >= 11 is 0. The monoisotopic (exact) mass is 820 g/mol. The summed E-state index contributed by atoms with van der Waals surface area (Å²) in [4.78, 5) is 2.51. The van der Waals surface area contributed by atoms with Crippen LogP contribution in [0.4, 0.5) is 17.1 Å². The van der Waals surface area contributed by atoms with Gasteiger partial charge >= 0.3 is 0 Å². The summed E-state index contributed by atoms with van der Waals surface area (Å²) in [6.07, 6.45) is 6.46. The number of nitrogens with zero attached hydrogens (tertiary/aromatic N) is 2. The maximum Gasteiger partial charge on any atom is 0.0547 e. The van der Waals surface area contributed by atoms with E-state index in [0.29, 0.717) is 5.92 Å². The summed E-state index contributed by atoms with van der Waals surface area (Å²) in [7, 11) is 0. The van der Waals surface area contributed by atoms with Gasteiger partial charge in [-0.2, -0.15) is 0 Å². The molecule has 1 saturated carbocycles. The molecule has 11 aromatic rings. The quantitative estimate of drug-likeness (QED) is 0.148. The topological polar surface area (TPSA) is 8.17 Å². The number of aromatic nitrogens is 1. The standard InChI is InChI=1S/C62H48N2/c1-3-19-44(20-4-1)50-31-16-23-46-24-17-34-55(61(46)50)54-29-10-13-36-58(54)63(57-35-12-9-28-53(57)52-33-15-22-43-21-7-8-27-49(43)52)48-41-39-45(40-42-48)51-32-18-38-60-62(51)56-30-11-14-37-59(56)64(60)47-25-5-2-6-26-47/h2,5-18,21-42,44H,1,3-4,19-20H2. The van der Waals surface area contributed by atoms with Gasteiger partial charge in [0.15, 0.2) is 0 Å². The highest BCUT2D eigenvalue weighted by molar-refractivity contribution is 6.16. The predicted molar refractivity (Wildman–Crippen MR) is 273 cm³/mol. The molecule has 12 rings (SSSR count). The average Bonchev–Trinajstić information content (AvgIpc) is 3.72. The zero-order valence-corrected chi connectivity index (χ0v) is 35.9. The van der Waals surface area contributed by atoms with Gasteiger partial charge in [0.1, 0.15) is 0 Å². The first kappa shape index (κ1) is 38.0. The number of hydrogen-bond donors (Lipinski definition) is 0. The van der Waals surface area contributed by atoms with Crippen molar-refractivity contribution in [1.82, 2.24) is 4.57 Å². The molecule has 0 radical (unpaired) electrons. The Hall–Kier alpha value is -7.68. The molecule has 2 nitrogen and oxygen atoms in total. The summed E-state index contributed by atoms with van der Waals surface area (Å²) in [6.45, 7) is 0. The first-order valence-electron chi connectivity index (χ1n) is 23.0. The molecule has 0 atom stereocenters. The lowest BCUT2D eigenvalue weighted by Crippen LogP contribution is -2.12. The van der Waals surface area contributed by atoms with Gasteiger partial charge in [-0.05, 0) is 117 Å². The van der Waals surface area contributed by atoms with Crippen molar-refractivity contribution in [2.45, 2.75) is 38.0 Å². The van der Waals surface area contributed by atoms with Gasteiger partial charge in [0.2, 0.25) is 0 Å². The SMILES string of the molecule is c1ccc(-n2c3ccccc3c3c(-c4ccc(N(c5ccccc5-c5cccc6ccccc56)c5ccccc5-c5cccc6cccc(C7CCCCC7)c56)cc4)cccc32)cc1. The van der Waals surface area contributed by atoms with Crippen LogP contribution in [0.2, 0.25) is 0 Å². The minimum Gasteiger partial charge on any atom is -0.309 e. The third kappa shape index (κ3) is 6.48. The van der Waals surface area contributed by atoms with E-state index in [1.807, 2.05) is 0 Å². The summed E-state index contributed by atoms with van der Waals surface area (Å²) in [5, 5.41) is 7.70. The van der Waals surface area contributed by atoms with Crippen molar-refractivity contribution in [1.29, 1.82) is 0 Å². The Morgan fingerprint density at radius 1 is 0.359 bits per heavy atom. The Balaban J connectivity index is 1.07. The van der Waals surface area contributed by atoms with E-state index in [9.17, 15) is 0 Å². The van der Waals surface area contributed by atoms with Gasteiger partial charge < -0.3 is 9.47 Å². The first-order valence-corrected chi connectivity index (χ1v) is 23.0. The lowest BCUT2D eigenvalue weighted by molar-refractivity contribution is 0.445. The second-order valence-corrected chi connectivity index (χ2v) is 17.4. The summed E-state index contributed by atoms with van der Waals surface area (Å²) in [5.41, 5.74) is 15.8. The molecule has 0 bridgehead atoms. The molecule has 0 N–H and O–H groups in total. The molecule has 10 aromatic carbocycles. The van der Waals surface area contributed by atoms with Crippen LogP contribution < -0.4 is 4.90 Å². The van der Waals surface area contributed by atoms with E-state index in [4.69, 9.17) is 0 Å². The molecule has 1 aliphatic carbocycles. The molecule has 1 aromatic heterocycles. The second-order valence-electron chi connectivity index (χ2n) is 17.4. The van der Waals surface area contributed by atoms with Crippen LogP contribution in [-0.2, 0) is 0 Å². The van der Waals surface area contributed by atoms with E-state index < -0.39 is 0 Å². The number of rotatable bonds is 8. The highest BCUT2D eigenvalue weighted by Gasteiger charge is 2.25. The van der Waals surface area contributed by atoms with E-state index in [0.717, 1.165) is 22.7 Å². The van der Waals surface area contributed by atoms with Gasteiger partial charge in [-0.25, -0.2) is 0 Å². The molecule has 0 spiro atoms. The fourth-order valence-electron chi connectivity index (χ4n) is 10.9. The maximum atomic E-state index is 2.51. The fraction of sp³-hybridized carbons (Fsp3) is 0.0968. The van der Waals surface area contributed by atoms with E-state index in [-0.39, 0.29) is 0 Å². The minimum absolute atomic E-state index is 0.577. The van der Waals surface area contributed by atoms with Crippen LogP contribution in [0.5, 0.6) is 0 Å². The largest absolute Gasteiger partial charge is 0.309 e. The van der Waals surface area contributed by atoms with Crippen LogP contribution in [0.3, 0.4) is 0 Å². The lowest BCUT2D eigenvalue weighted by Gasteiger charge is -2.31. The van der Waals surface area contributed by atoms with Gasteiger partial charge in [-0.15, -0.1) is 0 Å². The van der Waals surface area contributed by atoms with Crippen molar-refractivity contribution in [3.05, 3.63) is 230 Å². The molecular weight excluding hydrogens is 773 g/mol. The molecule has 64 heavy (non-hydrogen) atoms. The lowest BCUT2D eigenvalue weighted by atomic mass is 9.80. The Bertz CT molecular complexity index is 3470. The van der Waals surface area contributed by atoms with Crippen molar-refractivity contribution in [3.8, 4) is 39.1 Å². The van der Waals surface area contributed by atoms with Crippen molar-refractivity contribution < 1.29 is 0 Å². The Kier molecular flexibility index (Phi) is 9.64.